The Kier molecular flexibility index (Phi) is 4.74. The standard InChI is InChI=1S/C18H15N3O4S/c22-16(10-26-13-4-2-1-3-5-13)19-18-21-20-17(25-18)9-12-6-7-14-15(8-12)24-11-23-14/h1-8H,9-11H2,(H,19,21,22). The lowest BCUT2D eigenvalue weighted by Gasteiger charge is -2.01. The summed E-state index contributed by atoms with van der Waals surface area (Å²) in [7, 11) is 0. The summed E-state index contributed by atoms with van der Waals surface area (Å²) >= 11 is 1.44. The number of ether oxygens (including phenoxy) is 2. The molecule has 1 amide bonds. The minimum absolute atomic E-state index is 0.0967. The van der Waals surface area contributed by atoms with Gasteiger partial charge in [0, 0.05) is 4.90 Å². The fourth-order valence-electron chi connectivity index (χ4n) is 2.42. The van der Waals surface area contributed by atoms with E-state index in [9.17, 15) is 4.79 Å². The van der Waals surface area contributed by atoms with E-state index in [-0.39, 0.29) is 24.5 Å². The molecular formula is C18H15N3O4S. The van der Waals surface area contributed by atoms with Gasteiger partial charge in [0.2, 0.25) is 18.6 Å². The van der Waals surface area contributed by atoms with Gasteiger partial charge in [-0.25, -0.2) is 0 Å². The molecule has 1 aromatic heterocycles. The monoisotopic (exact) mass is 369 g/mol. The Morgan fingerprint density at radius 1 is 1.08 bits per heavy atom. The van der Waals surface area contributed by atoms with Gasteiger partial charge in [0.05, 0.1) is 12.2 Å². The normalized spacial score (nSPS) is 12.2. The Morgan fingerprint density at radius 3 is 2.81 bits per heavy atom. The zero-order chi connectivity index (χ0) is 17.8. The molecule has 0 fully saturated rings. The van der Waals surface area contributed by atoms with Crippen LogP contribution in [-0.4, -0.2) is 28.7 Å². The maximum Gasteiger partial charge on any atom is 0.322 e. The Hall–Kier alpha value is -3.00. The van der Waals surface area contributed by atoms with Gasteiger partial charge in [-0.3, -0.25) is 10.1 Å². The molecule has 0 saturated carbocycles. The van der Waals surface area contributed by atoms with Crippen LogP contribution >= 0.6 is 11.8 Å². The largest absolute Gasteiger partial charge is 0.454 e. The van der Waals surface area contributed by atoms with Crippen LogP contribution in [0.4, 0.5) is 6.01 Å². The van der Waals surface area contributed by atoms with Crippen LogP contribution in [0.15, 0.2) is 57.8 Å². The van der Waals surface area contributed by atoms with Gasteiger partial charge in [0.1, 0.15) is 0 Å². The topological polar surface area (TPSA) is 86.5 Å². The summed E-state index contributed by atoms with van der Waals surface area (Å²) in [5.74, 6) is 1.91. The molecule has 7 nitrogen and oxygen atoms in total. The van der Waals surface area contributed by atoms with Crippen molar-refractivity contribution in [3.05, 3.63) is 60.0 Å². The second kappa shape index (κ2) is 7.49. The van der Waals surface area contributed by atoms with Gasteiger partial charge in [-0.15, -0.1) is 16.9 Å². The highest BCUT2D eigenvalue weighted by Gasteiger charge is 2.15. The van der Waals surface area contributed by atoms with Crippen molar-refractivity contribution < 1.29 is 18.7 Å². The van der Waals surface area contributed by atoms with E-state index in [1.54, 1.807) is 0 Å². The number of nitrogens with zero attached hydrogens (tertiary/aromatic N) is 2. The van der Waals surface area contributed by atoms with Crippen LogP contribution in [0.25, 0.3) is 0 Å². The van der Waals surface area contributed by atoms with E-state index in [1.165, 1.54) is 11.8 Å². The third kappa shape index (κ3) is 3.97. The highest BCUT2D eigenvalue weighted by molar-refractivity contribution is 8.00. The molecule has 0 saturated heterocycles. The van der Waals surface area contributed by atoms with Crippen molar-refractivity contribution in [2.24, 2.45) is 0 Å². The Morgan fingerprint density at radius 2 is 1.92 bits per heavy atom. The number of hydrogen-bond acceptors (Lipinski definition) is 7. The average Bonchev–Trinajstić information content (AvgIpc) is 3.30. The van der Waals surface area contributed by atoms with Crippen molar-refractivity contribution in [2.75, 3.05) is 17.9 Å². The zero-order valence-electron chi connectivity index (χ0n) is 13.7. The SMILES string of the molecule is O=C(CSc1ccccc1)Nc1nnc(Cc2ccc3c(c2)OCO3)o1. The minimum atomic E-state index is -0.197. The second-order valence-electron chi connectivity index (χ2n) is 5.52. The van der Waals surface area contributed by atoms with Gasteiger partial charge in [0.15, 0.2) is 11.5 Å². The summed E-state index contributed by atoms with van der Waals surface area (Å²) < 4.78 is 16.1. The molecule has 4 rings (SSSR count). The summed E-state index contributed by atoms with van der Waals surface area (Å²) in [6, 6.07) is 15.4. The van der Waals surface area contributed by atoms with Crippen LogP contribution in [0.2, 0.25) is 0 Å². The number of nitrogens with one attached hydrogen (secondary N) is 1. The molecule has 3 aromatic rings. The number of thioether (sulfide) groups is 1. The average molecular weight is 369 g/mol. The predicted octanol–water partition coefficient (Wildman–Crippen LogP) is 3.12. The molecular weight excluding hydrogens is 354 g/mol. The molecule has 0 aliphatic carbocycles. The number of anilines is 1. The van der Waals surface area contributed by atoms with E-state index in [0.29, 0.717) is 18.1 Å². The van der Waals surface area contributed by atoms with E-state index >= 15 is 0 Å². The maximum atomic E-state index is 12.0. The molecule has 1 N–H and O–H groups in total. The molecule has 1 aliphatic rings. The molecule has 2 aromatic carbocycles. The zero-order valence-corrected chi connectivity index (χ0v) is 14.5. The first kappa shape index (κ1) is 16.5. The van der Waals surface area contributed by atoms with Crippen LogP contribution < -0.4 is 14.8 Å². The molecule has 2 heterocycles. The van der Waals surface area contributed by atoms with Crippen LogP contribution in [0.5, 0.6) is 11.5 Å². The molecule has 0 bridgehead atoms. The van der Waals surface area contributed by atoms with Gasteiger partial charge < -0.3 is 13.9 Å². The molecule has 0 radical (unpaired) electrons. The Balaban J connectivity index is 1.32. The van der Waals surface area contributed by atoms with E-state index in [2.05, 4.69) is 15.5 Å². The third-order valence-corrected chi connectivity index (χ3v) is 4.63. The predicted molar refractivity (Wildman–Crippen MR) is 95.5 cm³/mol. The summed E-state index contributed by atoms with van der Waals surface area (Å²) in [6.07, 6.45) is 0.443. The number of carbonyl (C=O) groups is 1. The van der Waals surface area contributed by atoms with E-state index in [0.717, 1.165) is 16.2 Å². The van der Waals surface area contributed by atoms with E-state index in [1.807, 2.05) is 48.5 Å². The molecule has 0 unspecified atom stereocenters. The first-order valence-electron chi connectivity index (χ1n) is 7.95. The van der Waals surface area contributed by atoms with Gasteiger partial charge in [-0.1, -0.05) is 29.4 Å². The molecule has 8 heteroatoms. The summed E-state index contributed by atoms with van der Waals surface area (Å²) in [6.45, 7) is 0.233. The van der Waals surface area contributed by atoms with E-state index in [4.69, 9.17) is 13.9 Å². The lowest BCUT2D eigenvalue weighted by atomic mass is 10.1. The van der Waals surface area contributed by atoms with Crippen LogP contribution in [0, 0.1) is 0 Å². The van der Waals surface area contributed by atoms with Gasteiger partial charge >= 0.3 is 6.01 Å². The molecule has 132 valence electrons. The van der Waals surface area contributed by atoms with Crippen molar-refractivity contribution in [2.45, 2.75) is 11.3 Å². The number of hydrogen-bond donors (Lipinski definition) is 1. The number of aromatic nitrogens is 2. The van der Waals surface area contributed by atoms with Crippen LogP contribution in [-0.2, 0) is 11.2 Å². The second-order valence-corrected chi connectivity index (χ2v) is 6.56. The third-order valence-electron chi connectivity index (χ3n) is 3.62. The summed E-state index contributed by atoms with van der Waals surface area (Å²) in [4.78, 5) is 13.0. The molecule has 0 atom stereocenters. The van der Waals surface area contributed by atoms with Crippen LogP contribution in [0.1, 0.15) is 11.5 Å². The lowest BCUT2D eigenvalue weighted by molar-refractivity contribution is -0.113. The summed E-state index contributed by atoms with van der Waals surface area (Å²) in [5.41, 5.74) is 0.954. The van der Waals surface area contributed by atoms with E-state index < -0.39 is 0 Å². The van der Waals surface area contributed by atoms with Crippen LogP contribution in [0.3, 0.4) is 0 Å². The van der Waals surface area contributed by atoms with Crippen molar-refractivity contribution in [3.63, 3.8) is 0 Å². The Bertz CT molecular complexity index is 914. The van der Waals surface area contributed by atoms with Gasteiger partial charge in [-0.05, 0) is 29.8 Å². The highest BCUT2D eigenvalue weighted by atomic mass is 32.2. The number of fused-ring (bicyclic) bond motifs is 1. The number of carbonyl (C=O) groups excluding carboxylic acids is 1. The highest BCUT2D eigenvalue weighted by Crippen LogP contribution is 2.33. The van der Waals surface area contributed by atoms with Gasteiger partial charge in [0.25, 0.3) is 0 Å². The Labute approximate surface area is 153 Å². The van der Waals surface area contributed by atoms with Crippen molar-refractivity contribution >= 4 is 23.7 Å². The molecule has 0 spiro atoms. The van der Waals surface area contributed by atoms with Gasteiger partial charge in [-0.2, -0.15) is 0 Å². The quantitative estimate of drug-likeness (QED) is 0.668. The fraction of sp³-hybridized carbons (Fsp3) is 0.167. The van der Waals surface area contributed by atoms with Crippen molar-refractivity contribution in [3.8, 4) is 11.5 Å². The number of benzene rings is 2. The summed E-state index contributed by atoms with van der Waals surface area (Å²) in [5, 5.41) is 10.4. The lowest BCUT2D eigenvalue weighted by Crippen LogP contribution is -2.14. The molecule has 1 aliphatic heterocycles. The number of rotatable bonds is 6. The van der Waals surface area contributed by atoms with Crippen molar-refractivity contribution in [1.29, 1.82) is 0 Å². The smallest absolute Gasteiger partial charge is 0.322 e. The fourth-order valence-corrected chi connectivity index (χ4v) is 3.14. The minimum Gasteiger partial charge on any atom is -0.454 e. The maximum absolute atomic E-state index is 12.0. The first-order chi connectivity index (χ1) is 12.8. The van der Waals surface area contributed by atoms with Crippen molar-refractivity contribution in [1.82, 2.24) is 10.2 Å². The molecule has 26 heavy (non-hydrogen) atoms. The number of amides is 1. The first-order valence-corrected chi connectivity index (χ1v) is 8.93.